The molecule has 1 N–H and O–H groups in total. The Hall–Kier alpha value is -0.800. The van der Waals surface area contributed by atoms with Crippen LogP contribution in [-0.2, 0) is 0 Å². The lowest BCUT2D eigenvalue weighted by Crippen LogP contribution is -2.16. The van der Waals surface area contributed by atoms with Gasteiger partial charge in [-0.1, -0.05) is 11.6 Å². The molecule has 0 bridgehead atoms. The largest absolute Gasteiger partial charge is 0.491 e. The second kappa shape index (κ2) is 5.04. The third-order valence-electron chi connectivity index (χ3n) is 1.50. The number of halogens is 2. The zero-order valence-corrected chi connectivity index (χ0v) is 8.07. The lowest BCUT2D eigenvalue weighted by Gasteiger charge is -2.06. The smallest absolute Gasteiger partial charge is 0.138 e. The van der Waals surface area contributed by atoms with Crippen molar-refractivity contribution in [3.05, 3.63) is 29.0 Å². The molecule has 2 nitrogen and oxygen atoms in total. The fourth-order valence-electron chi connectivity index (χ4n) is 0.855. The van der Waals surface area contributed by atoms with E-state index in [1.54, 1.807) is 0 Å². The standard InChI is InChI=1S/C9H11ClFNO/c1-12-4-5-13-9-3-2-7(11)6-8(9)10/h2-3,6,12H,4-5H2,1H3. The molecule has 0 aromatic heterocycles. The van der Waals surface area contributed by atoms with E-state index in [2.05, 4.69) is 5.32 Å². The molecule has 0 saturated carbocycles. The van der Waals surface area contributed by atoms with Gasteiger partial charge in [0.25, 0.3) is 0 Å². The van der Waals surface area contributed by atoms with Crippen molar-refractivity contribution < 1.29 is 9.13 Å². The molecule has 1 aromatic rings. The monoisotopic (exact) mass is 203 g/mol. The van der Waals surface area contributed by atoms with Gasteiger partial charge in [0.2, 0.25) is 0 Å². The molecule has 0 radical (unpaired) electrons. The van der Waals surface area contributed by atoms with Crippen LogP contribution < -0.4 is 10.1 Å². The molecule has 0 atom stereocenters. The Kier molecular flexibility index (Phi) is 3.99. The molecular formula is C9H11ClFNO. The highest BCUT2D eigenvalue weighted by Gasteiger charge is 2.01. The molecule has 0 spiro atoms. The lowest BCUT2D eigenvalue weighted by molar-refractivity contribution is 0.318. The molecule has 13 heavy (non-hydrogen) atoms. The lowest BCUT2D eigenvalue weighted by atomic mass is 10.3. The van der Waals surface area contributed by atoms with Crippen LogP contribution in [0.15, 0.2) is 18.2 Å². The summed E-state index contributed by atoms with van der Waals surface area (Å²) >= 11 is 5.72. The van der Waals surface area contributed by atoms with E-state index in [4.69, 9.17) is 16.3 Å². The molecule has 72 valence electrons. The molecule has 0 unspecified atom stereocenters. The quantitative estimate of drug-likeness (QED) is 0.757. The van der Waals surface area contributed by atoms with Crippen LogP contribution in [-0.4, -0.2) is 20.2 Å². The molecular weight excluding hydrogens is 193 g/mol. The number of likely N-dealkylation sites (N-methyl/N-ethyl adjacent to an activating group) is 1. The van der Waals surface area contributed by atoms with Gasteiger partial charge in [-0.05, 0) is 25.2 Å². The average Bonchev–Trinajstić information content (AvgIpc) is 2.09. The van der Waals surface area contributed by atoms with Gasteiger partial charge in [0.1, 0.15) is 18.2 Å². The van der Waals surface area contributed by atoms with E-state index in [0.29, 0.717) is 17.4 Å². The van der Waals surface area contributed by atoms with Crippen molar-refractivity contribution in [1.82, 2.24) is 5.32 Å². The predicted octanol–water partition coefficient (Wildman–Crippen LogP) is 2.08. The summed E-state index contributed by atoms with van der Waals surface area (Å²) in [5, 5.41) is 3.23. The van der Waals surface area contributed by atoms with Crippen molar-refractivity contribution in [1.29, 1.82) is 0 Å². The van der Waals surface area contributed by atoms with Crippen LogP contribution in [0, 0.1) is 5.82 Å². The van der Waals surface area contributed by atoms with Gasteiger partial charge in [-0.25, -0.2) is 4.39 Å². The van der Waals surface area contributed by atoms with E-state index in [-0.39, 0.29) is 5.82 Å². The highest BCUT2D eigenvalue weighted by Crippen LogP contribution is 2.24. The minimum atomic E-state index is -0.356. The number of nitrogens with one attached hydrogen (secondary N) is 1. The third kappa shape index (κ3) is 3.20. The summed E-state index contributed by atoms with van der Waals surface area (Å²) in [6.07, 6.45) is 0. The Morgan fingerprint density at radius 1 is 1.54 bits per heavy atom. The molecule has 0 aliphatic carbocycles. The topological polar surface area (TPSA) is 21.3 Å². The van der Waals surface area contributed by atoms with Crippen LogP contribution in [0.3, 0.4) is 0 Å². The molecule has 4 heteroatoms. The Labute approximate surface area is 81.7 Å². The molecule has 0 fully saturated rings. The predicted molar refractivity (Wildman–Crippen MR) is 50.8 cm³/mol. The van der Waals surface area contributed by atoms with E-state index in [0.717, 1.165) is 6.54 Å². The summed E-state index contributed by atoms with van der Waals surface area (Å²) in [5.41, 5.74) is 0. The van der Waals surface area contributed by atoms with Crippen molar-refractivity contribution in [2.24, 2.45) is 0 Å². The minimum absolute atomic E-state index is 0.302. The van der Waals surface area contributed by atoms with Crippen molar-refractivity contribution in [2.45, 2.75) is 0 Å². The maximum absolute atomic E-state index is 12.6. The van der Waals surface area contributed by atoms with Gasteiger partial charge in [-0.3, -0.25) is 0 Å². The summed E-state index contributed by atoms with van der Waals surface area (Å²) in [7, 11) is 1.83. The van der Waals surface area contributed by atoms with Crippen LogP contribution in [0.2, 0.25) is 5.02 Å². The van der Waals surface area contributed by atoms with Gasteiger partial charge >= 0.3 is 0 Å². The van der Waals surface area contributed by atoms with E-state index < -0.39 is 0 Å². The van der Waals surface area contributed by atoms with Gasteiger partial charge in [-0.2, -0.15) is 0 Å². The maximum Gasteiger partial charge on any atom is 0.138 e. The van der Waals surface area contributed by atoms with Crippen LogP contribution in [0.25, 0.3) is 0 Å². The number of hydrogen-bond donors (Lipinski definition) is 1. The minimum Gasteiger partial charge on any atom is -0.491 e. The first-order valence-corrected chi connectivity index (χ1v) is 4.34. The zero-order valence-electron chi connectivity index (χ0n) is 7.31. The van der Waals surface area contributed by atoms with Crippen molar-refractivity contribution in [3.63, 3.8) is 0 Å². The summed E-state index contributed by atoms with van der Waals surface area (Å²) in [6.45, 7) is 1.25. The first kappa shape index (κ1) is 10.3. The number of benzene rings is 1. The van der Waals surface area contributed by atoms with E-state index >= 15 is 0 Å². The van der Waals surface area contributed by atoms with Crippen LogP contribution in [0.5, 0.6) is 5.75 Å². The molecule has 0 saturated heterocycles. The van der Waals surface area contributed by atoms with E-state index in [1.807, 2.05) is 7.05 Å². The number of rotatable bonds is 4. The molecule has 0 amide bonds. The first-order chi connectivity index (χ1) is 6.24. The SMILES string of the molecule is CNCCOc1ccc(F)cc1Cl. The summed E-state index contributed by atoms with van der Waals surface area (Å²) in [5.74, 6) is 0.157. The maximum atomic E-state index is 12.6. The fraction of sp³-hybridized carbons (Fsp3) is 0.333. The van der Waals surface area contributed by atoms with Crippen LogP contribution in [0.4, 0.5) is 4.39 Å². The zero-order chi connectivity index (χ0) is 9.68. The van der Waals surface area contributed by atoms with Gasteiger partial charge in [0, 0.05) is 6.54 Å². The number of ether oxygens (including phenoxy) is 1. The normalized spacial score (nSPS) is 10.1. The van der Waals surface area contributed by atoms with E-state index in [1.165, 1.54) is 18.2 Å². The van der Waals surface area contributed by atoms with Crippen LogP contribution in [0.1, 0.15) is 0 Å². The van der Waals surface area contributed by atoms with Gasteiger partial charge in [0.15, 0.2) is 0 Å². The average molecular weight is 204 g/mol. The molecule has 1 aromatic carbocycles. The highest BCUT2D eigenvalue weighted by molar-refractivity contribution is 6.32. The van der Waals surface area contributed by atoms with Crippen molar-refractivity contribution >= 4 is 11.6 Å². The van der Waals surface area contributed by atoms with Crippen molar-refractivity contribution in [3.8, 4) is 5.75 Å². The molecule has 0 heterocycles. The molecule has 0 aliphatic rings. The Bertz CT molecular complexity index is 280. The molecule has 1 rings (SSSR count). The summed E-state index contributed by atoms with van der Waals surface area (Å²) in [4.78, 5) is 0. The summed E-state index contributed by atoms with van der Waals surface area (Å²) < 4.78 is 17.9. The van der Waals surface area contributed by atoms with E-state index in [9.17, 15) is 4.39 Å². The first-order valence-electron chi connectivity index (χ1n) is 3.96. The molecule has 0 aliphatic heterocycles. The van der Waals surface area contributed by atoms with Gasteiger partial charge in [-0.15, -0.1) is 0 Å². The highest BCUT2D eigenvalue weighted by atomic mass is 35.5. The Balaban J connectivity index is 2.56. The van der Waals surface area contributed by atoms with Crippen molar-refractivity contribution in [2.75, 3.05) is 20.2 Å². The fourth-order valence-corrected chi connectivity index (χ4v) is 1.08. The third-order valence-corrected chi connectivity index (χ3v) is 1.80. The second-order valence-electron chi connectivity index (χ2n) is 2.53. The van der Waals surface area contributed by atoms with Gasteiger partial charge < -0.3 is 10.1 Å². The number of hydrogen-bond acceptors (Lipinski definition) is 2. The van der Waals surface area contributed by atoms with Gasteiger partial charge in [0.05, 0.1) is 5.02 Å². The Morgan fingerprint density at radius 3 is 2.92 bits per heavy atom. The Morgan fingerprint density at radius 2 is 2.31 bits per heavy atom. The van der Waals surface area contributed by atoms with Crippen LogP contribution >= 0.6 is 11.6 Å². The summed E-state index contributed by atoms with van der Waals surface area (Å²) in [6, 6.07) is 4.07. The second-order valence-corrected chi connectivity index (χ2v) is 2.93.